The average Bonchev–Trinajstić information content (AvgIpc) is 2.92. The van der Waals surface area contributed by atoms with Gasteiger partial charge in [-0.1, -0.05) is 23.7 Å². The predicted octanol–water partition coefficient (Wildman–Crippen LogP) is 2.71. The standard InChI is InChI=1S/C14H19ClN2O2/c1-10(13-3-2-8-19-13)17-14(18)16-9-11-4-6-12(15)7-5-11/h4-7,10,13H,2-3,8-9H2,1H3,(H2,16,17,18)/t10-,13-/m0/s1. The van der Waals surface area contributed by atoms with Crippen LogP contribution in [0.2, 0.25) is 5.02 Å². The number of carbonyl (C=O) groups is 1. The van der Waals surface area contributed by atoms with Crippen LogP contribution in [-0.2, 0) is 11.3 Å². The van der Waals surface area contributed by atoms with Crippen molar-refractivity contribution in [1.29, 1.82) is 0 Å². The van der Waals surface area contributed by atoms with E-state index in [-0.39, 0.29) is 18.2 Å². The molecule has 0 spiro atoms. The molecule has 4 nitrogen and oxygen atoms in total. The summed E-state index contributed by atoms with van der Waals surface area (Å²) in [5.41, 5.74) is 1.02. The maximum Gasteiger partial charge on any atom is 0.315 e. The Labute approximate surface area is 118 Å². The molecule has 5 heteroatoms. The molecule has 1 fully saturated rings. The molecule has 1 aromatic carbocycles. The lowest BCUT2D eigenvalue weighted by molar-refractivity contribution is 0.0860. The van der Waals surface area contributed by atoms with E-state index in [0.29, 0.717) is 11.6 Å². The fraction of sp³-hybridized carbons (Fsp3) is 0.500. The van der Waals surface area contributed by atoms with Crippen LogP contribution >= 0.6 is 11.6 Å². The van der Waals surface area contributed by atoms with Gasteiger partial charge in [-0.05, 0) is 37.5 Å². The summed E-state index contributed by atoms with van der Waals surface area (Å²) in [7, 11) is 0. The molecule has 0 aliphatic carbocycles. The Hall–Kier alpha value is -1.26. The highest BCUT2D eigenvalue weighted by atomic mass is 35.5. The van der Waals surface area contributed by atoms with Crippen LogP contribution < -0.4 is 10.6 Å². The molecule has 1 saturated heterocycles. The molecule has 0 radical (unpaired) electrons. The molecule has 1 aliphatic rings. The van der Waals surface area contributed by atoms with Crippen LogP contribution in [0.5, 0.6) is 0 Å². The van der Waals surface area contributed by atoms with E-state index in [4.69, 9.17) is 16.3 Å². The number of hydrogen-bond donors (Lipinski definition) is 2. The first-order valence-corrected chi connectivity index (χ1v) is 6.93. The third kappa shape index (κ3) is 4.40. The van der Waals surface area contributed by atoms with E-state index in [1.807, 2.05) is 31.2 Å². The van der Waals surface area contributed by atoms with Crippen molar-refractivity contribution in [2.45, 2.75) is 38.5 Å². The van der Waals surface area contributed by atoms with Crippen LogP contribution in [0.25, 0.3) is 0 Å². The number of amides is 2. The van der Waals surface area contributed by atoms with Gasteiger partial charge in [0.1, 0.15) is 0 Å². The van der Waals surface area contributed by atoms with Crippen molar-refractivity contribution in [1.82, 2.24) is 10.6 Å². The Morgan fingerprint density at radius 3 is 2.84 bits per heavy atom. The zero-order valence-corrected chi connectivity index (χ0v) is 11.7. The summed E-state index contributed by atoms with van der Waals surface area (Å²) in [5.74, 6) is 0. The highest BCUT2D eigenvalue weighted by Gasteiger charge is 2.23. The maximum absolute atomic E-state index is 11.7. The average molecular weight is 283 g/mol. The molecule has 1 heterocycles. The van der Waals surface area contributed by atoms with Crippen LogP contribution in [0.1, 0.15) is 25.3 Å². The van der Waals surface area contributed by atoms with Crippen LogP contribution in [0, 0.1) is 0 Å². The number of urea groups is 1. The molecule has 2 atom stereocenters. The monoisotopic (exact) mass is 282 g/mol. The Bertz CT molecular complexity index is 416. The largest absolute Gasteiger partial charge is 0.376 e. The Morgan fingerprint density at radius 2 is 2.21 bits per heavy atom. The summed E-state index contributed by atoms with van der Waals surface area (Å²) in [4.78, 5) is 11.7. The molecule has 2 N–H and O–H groups in total. The van der Waals surface area contributed by atoms with Gasteiger partial charge in [-0.2, -0.15) is 0 Å². The van der Waals surface area contributed by atoms with Crippen LogP contribution in [-0.4, -0.2) is 24.8 Å². The third-order valence-corrected chi connectivity index (χ3v) is 3.50. The van der Waals surface area contributed by atoms with Gasteiger partial charge in [0, 0.05) is 18.2 Å². The Morgan fingerprint density at radius 1 is 1.47 bits per heavy atom. The molecule has 0 unspecified atom stereocenters. The number of ether oxygens (including phenoxy) is 1. The SMILES string of the molecule is C[C@H](NC(=O)NCc1ccc(Cl)cc1)[C@@H]1CCCO1. The second kappa shape index (κ2) is 6.78. The van der Waals surface area contributed by atoms with Crippen molar-refractivity contribution >= 4 is 17.6 Å². The lowest BCUT2D eigenvalue weighted by Gasteiger charge is -2.20. The van der Waals surface area contributed by atoms with E-state index in [9.17, 15) is 4.79 Å². The number of halogens is 1. The fourth-order valence-corrected chi connectivity index (χ4v) is 2.26. The molecule has 19 heavy (non-hydrogen) atoms. The summed E-state index contributed by atoms with van der Waals surface area (Å²) in [6.07, 6.45) is 2.23. The number of carbonyl (C=O) groups excluding carboxylic acids is 1. The van der Waals surface area contributed by atoms with Gasteiger partial charge in [0.15, 0.2) is 0 Å². The minimum absolute atomic E-state index is 0.0349. The third-order valence-electron chi connectivity index (χ3n) is 3.25. The van der Waals surface area contributed by atoms with E-state index in [2.05, 4.69) is 10.6 Å². The number of hydrogen-bond acceptors (Lipinski definition) is 2. The van der Waals surface area contributed by atoms with Crippen LogP contribution in [0.4, 0.5) is 4.79 Å². The predicted molar refractivity (Wildman–Crippen MR) is 75.3 cm³/mol. The second-order valence-corrected chi connectivity index (χ2v) is 5.23. The zero-order chi connectivity index (χ0) is 13.7. The van der Waals surface area contributed by atoms with Gasteiger partial charge in [0.25, 0.3) is 0 Å². The highest BCUT2D eigenvalue weighted by Crippen LogP contribution is 2.15. The molecular weight excluding hydrogens is 264 g/mol. The van der Waals surface area contributed by atoms with E-state index >= 15 is 0 Å². The normalized spacial score (nSPS) is 20.0. The molecule has 0 bridgehead atoms. The quantitative estimate of drug-likeness (QED) is 0.892. The zero-order valence-electron chi connectivity index (χ0n) is 11.0. The first-order valence-electron chi connectivity index (χ1n) is 6.55. The summed E-state index contributed by atoms with van der Waals surface area (Å²) < 4.78 is 5.53. The van der Waals surface area contributed by atoms with E-state index in [1.54, 1.807) is 0 Å². The van der Waals surface area contributed by atoms with Gasteiger partial charge in [0.05, 0.1) is 12.1 Å². The molecule has 0 saturated carbocycles. The van der Waals surface area contributed by atoms with Crippen molar-refractivity contribution < 1.29 is 9.53 Å². The number of rotatable bonds is 4. The molecule has 2 rings (SSSR count). The van der Waals surface area contributed by atoms with E-state index in [0.717, 1.165) is 25.0 Å². The first kappa shape index (κ1) is 14.2. The minimum Gasteiger partial charge on any atom is -0.376 e. The van der Waals surface area contributed by atoms with Crippen LogP contribution in [0.15, 0.2) is 24.3 Å². The minimum atomic E-state index is -0.169. The van der Waals surface area contributed by atoms with Gasteiger partial charge >= 0.3 is 6.03 Å². The van der Waals surface area contributed by atoms with Gasteiger partial charge in [-0.15, -0.1) is 0 Å². The molecule has 1 aliphatic heterocycles. The summed E-state index contributed by atoms with van der Waals surface area (Å²) >= 11 is 5.80. The van der Waals surface area contributed by atoms with Gasteiger partial charge in [0.2, 0.25) is 0 Å². The van der Waals surface area contributed by atoms with Crippen molar-refractivity contribution in [2.24, 2.45) is 0 Å². The molecule has 0 aromatic heterocycles. The molecule has 104 valence electrons. The van der Waals surface area contributed by atoms with E-state index < -0.39 is 0 Å². The smallest absolute Gasteiger partial charge is 0.315 e. The van der Waals surface area contributed by atoms with Gasteiger partial charge in [-0.25, -0.2) is 4.79 Å². The lowest BCUT2D eigenvalue weighted by Crippen LogP contribution is -2.45. The van der Waals surface area contributed by atoms with Crippen molar-refractivity contribution in [3.8, 4) is 0 Å². The summed E-state index contributed by atoms with van der Waals surface area (Å²) in [6.45, 7) is 3.25. The fourth-order valence-electron chi connectivity index (χ4n) is 2.13. The molecule has 2 amide bonds. The second-order valence-electron chi connectivity index (χ2n) is 4.79. The highest BCUT2D eigenvalue weighted by molar-refractivity contribution is 6.30. The van der Waals surface area contributed by atoms with Crippen LogP contribution in [0.3, 0.4) is 0 Å². The van der Waals surface area contributed by atoms with Crippen molar-refractivity contribution in [3.63, 3.8) is 0 Å². The summed E-state index contributed by atoms with van der Waals surface area (Å²) in [5, 5.41) is 6.42. The first-order chi connectivity index (χ1) is 9.15. The van der Waals surface area contributed by atoms with Crippen molar-refractivity contribution in [3.05, 3.63) is 34.9 Å². The van der Waals surface area contributed by atoms with E-state index in [1.165, 1.54) is 0 Å². The molecular formula is C14H19ClN2O2. The number of benzene rings is 1. The Balaban J connectivity index is 1.73. The number of nitrogens with one attached hydrogen (secondary N) is 2. The van der Waals surface area contributed by atoms with Gasteiger partial charge < -0.3 is 15.4 Å². The lowest BCUT2D eigenvalue weighted by atomic mass is 10.1. The van der Waals surface area contributed by atoms with Gasteiger partial charge in [-0.3, -0.25) is 0 Å². The molecule has 1 aromatic rings. The maximum atomic E-state index is 11.7. The summed E-state index contributed by atoms with van der Waals surface area (Å²) in [6, 6.07) is 7.28. The van der Waals surface area contributed by atoms with Crippen molar-refractivity contribution in [2.75, 3.05) is 6.61 Å². The Kier molecular flexibility index (Phi) is 5.05. The topological polar surface area (TPSA) is 50.4 Å².